The van der Waals surface area contributed by atoms with Gasteiger partial charge in [-0.1, -0.05) is 12.1 Å². The molecule has 3 atom stereocenters. The summed E-state index contributed by atoms with van der Waals surface area (Å²) in [6, 6.07) is 3.15. The van der Waals surface area contributed by atoms with Gasteiger partial charge >= 0.3 is 5.97 Å². The van der Waals surface area contributed by atoms with Crippen molar-refractivity contribution >= 4 is 29.4 Å². The third-order valence-electron chi connectivity index (χ3n) is 4.54. The quantitative estimate of drug-likeness (QED) is 0.291. The van der Waals surface area contributed by atoms with E-state index >= 15 is 0 Å². The summed E-state index contributed by atoms with van der Waals surface area (Å²) in [5.74, 6) is -3.30. The Bertz CT molecular complexity index is 809. The van der Waals surface area contributed by atoms with Crippen molar-refractivity contribution in [3.63, 3.8) is 0 Å². The van der Waals surface area contributed by atoms with E-state index in [1.54, 1.807) is 6.92 Å². The third kappa shape index (κ3) is 5.74. The number of hydrogen-bond donors (Lipinski definition) is 3. The van der Waals surface area contributed by atoms with Gasteiger partial charge in [0.15, 0.2) is 0 Å². The molecule has 1 aliphatic heterocycles. The van der Waals surface area contributed by atoms with Crippen LogP contribution in [0.3, 0.4) is 0 Å². The molecule has 0 unspecified atom stereocenters. The van der Waals surface area contributed by atoms with Crippen LogP contribution in [0.5, 0.6) is 0 Å². The Morgan fingerprint density at radius 3 is 2.48 bits per heavy atom. The zero-order chi connectivity index (χ0) is 21.6. The maximum Gasteiger partial charge on any atom is 0.306 e. The van der Waals surface area contributed by atoms with E-state index in [4.69, 9.17) is 10.5 Å². The van der Waals surface area contributed by atoms with E-state index in [0.717, 1.165) is 0 Å². The van der Waals surface area contributed by atoms with Gasteiger partial charge < -0.3 is 21.1 Å². The highest BCUT2D eigenvalue weighted by atomic mass is 16.6. The van der Waals surface area contributed by atoms with Gasteiger partial charge in [-0.2, -0.15) is 0 Å². The number of carbonyl (C=O) groups excluding carboxylic acids is 4. The first kappa shape index (κ1) is 21.8. The first-order chi connectivity index (χ1) is 13.7. The number of nitro groups is 1. The zero-order valence-corrected chi connectivity index (χ0v) is 15.8. The molecule has 3 amide bonds. The van der Waals surface area contributed by atoms with Crippen molar-refractivity contribution in [2.45, 2.75) is 44.2 Å². The summed E-state index contributed by atoms with van der Waals surface area (Å²) in [5, 5.41) is 15.9. The average molecular weight is 406 g/mol. The lowest BCUT2D eigenvalue weighted by molar-refractivity contribution is -0.384. The van der Waals surface area contributed by atoms with E-state index < -0.39 is 40.7 Å². The Morgan fingerprint density at radius 2 is 2.00 bits per heavy atom. The molecule has 0 bridgehead atoms. The SMILES string of the molecule is CCOC(=O)C[C@@H](c1ccc([N+](=O)[O-])cc1)[C@H](NC(=O)[C@H]1CCC(=O)N1)C(N)=O. The highest BCUT2D eigenvalue weighted by molar-refractivity contribution is 5.94. The van der Waals surface area contributed by atoms with Crippen LogP contribution in [-0.2, 0) is 23.9 Å². The summed E-state index contributed by atoms with van der Waals surface area (Å²) in [4.78, 5) is 58.2. The number of esters is 1. The molecule has 156 valence electrons. The summed E-state index contributed by atoms with van der Waals surface area (Å²) >= 11 is 0. The van der Waals surface area contributed by atoms with Gasteiger partial charge in [-0.05, 0) is 18.9 Å². The number of nitro benzene ring substituents is 1. The predicted octanol–water partition coefficient (Wildman–Crippen LogP) is -0.120. The molecule has 0 saturated carbocycles. The fraction of sp³-hybridized carbons (Fsp3) is 0.444. The fourth-order valence-electron chi connectivity index (χ4n) is 3.11. The maximum absolute atomic E-state index is 12.5. The van der Waals surface area contributed by atoms with Crippen molar-refractivity contribution in [1.29, 1.82) is 0 Å². The Labute approximate surface area is 166 Å². The van der Waals surface area contributed by atoms with Gasteiger partial charge in [-0.15, -0.1) is 0 Å². The van der Waals surface area contributed by atoms with Crippen molar-refractivity contribution in [3.8, 4) is 0 Å². The summed E-state index contributed by atoms with van der Waals surface area (Å²) < 4.78 is 4.94. The van der Waals surface area contributed by atoms with Crippen LogP contribution in [0.2, 0.25) is 0 Å². The Morgan fingerprint density at radius 1 is 1.34 bits per heavy atom. The number of hydrogen-bond acceptors (Lipinski definition) is 7. The minimum atomic E-state index is -1.29. The summed E-state index contributed by atoms with van der Waals surface area (Å²) in [5.41, 5.74) is 5.70. The molecule has 1 aliphatic rings. The van der Waals surface area contributed by atoms with Crippen LogP contribution in [0.25, 0.3) is 0 Å². The molecule has 0 radical (unpaired) electrons. The van der Waals surface area contributed by atoms with Crippen LogP contribution >= 0.6 is 0 Å². The highest BCUT2D eigenvalue weighted by Gasteiger charge is 2.35. The first-order valence-electron chi connectivity index (χ1n) is 9.02. The minimum absolute atomic E-state index is 0.119. The van der Waals surface area contributed by atoms with Gasteiger partial charge in [-0.3, -0.25) is 29.3 Å². The molecule has 11 nitrogen and oxygen atoms in total. The second kappa shape index (κ2) is 9.62. The number of nitrogens with zero attached hydrogens (tertiary/aromatic N) is 1. The number of carbonyl (C=O) groups is 4. The molecule has 1 aromatic rings. The standard InChI is InChI=1S/C18H22N4O7/c1-2-29-15(24)9-12(10-3-5-11(6-4-10)22(27)28)16(17(19)25)21-18(26)13-7-8-14(23)20-13/h3-6,12-13,16H,2,7-9H2,1H3,(H2,19,25)(H,20,23)(H,21,26)/t12-,13+,16-/m0/s1. The van der Waals surface area contributed by atoms with Gasteiger partial charge in [0.25, 0.3) is 5.69 Å². The monoisotopic (exact) mass is 406 g/mol. The topological polar surface area (TPSA) is 171 Å². The van der Waals surface area contributed by atoms with Crippen LogP contribution in [-0.4, -0.2) is 47.3 Å². The van der Waals surface area contributed by atoms with E-state index in [1.165, 1.54) is 24.3 Å². The molecule has 1 heterocycles. The Balaban J connectivity index is 2.30. The van der Waals surface area contributed by atoms with Crippen molar-refractivity contribution in [3.05, 3.63) is 39.9 Å². The molecule has 11 heteroatoms. The van der Waals surface area contributed by atoms with E-state index in [9.17, 15) is 29.3 Å². The number of benzene rings is 1. The fourth-order valence-corrected chi connectivity index (χ4v) is 3.11. The normalized spacial score (nSPS) is 17.7. The molecule has 2 rings (SSSR count). The number of primary amides is 1. The van der Waals surface area contributed by atoms with Gasteiger partial charge in [0.2, 0.25) is 17.7 Å². The van der Waals surface area contributed by atoms with Crippen LogP contribution in [0.4, 0.5) is 5.69 Å². The molecular formula is C18H22N4O7. The molecule has 1 aromatic carbocycles. The Kier molecular flexibility index (Phi) is 7.23. The minimum Gasteiger partial charge on any atom is -0.466 e. The summed E-state index contributed by atoms with van der Waals surface area (Å²) in [6.07, 6.45) is 0.181. The molecule has 1 saturated heterocycles. The number of ether oxygens (including phenoxy) is 1. The number of non-ortho nitro benzene ring substituents is 1. The zero-order valence-electron chi connectivity index (χ0n) is 15.8. The van der Waals surface area contributed by atoms with E-state index in [-0.39, 0.29) is 37.5 Å². The molecule has 1 fully saturated rings. The highest BCUT2D eigenvalue weighted by Crippen LogP contribution is 2.27. The van der Waals surface area contributed by atoms with E-state index in [2.05, 4.69) is 10.6 Å². The van der Waals surface area contributed by atoms with Crippen LogP contribution < -0.4 is 16.4 Å². The second-order valence-electron chi connectivity index (χ2n) is 6.51. The number of nitrogens with two attached hydrogens (primary N) is 1. The molecule has 29 heavy (non-hydrogen) atoms. The maximum atomic E-state index is 12.5. The van der Waals surface area contributed by atoms with Gasteiger partial charge in [-0.25, -0.2) is 0 Å². The van der Waals surface area contributed by atoms with Crippen molar-refractivity contribution in [2.24, 2.45) is 5.73 Å². The van der Waals surface area contributed by atoms with Gasteiger partial charge in [0, 0.05) is 24.5 Å². The molecular weight excluding hydrogens is 384 g/mol. The summed E-state index contributed by atoms with van der Waals surface area (Å²) in [7, 11) is 0. The average Bonchev–Trinajstić information content (AvgIpc) is 3.11. The lowest BCUT2D eigenvalue weighted by Crippen LogP contribution is -2.53. The molecule has 0 aromatic heterocycles. The summed E-state index contributed by atoms with van der Waals surface area (Å²) in [6.45, 7) is 1.74. The number of amides is 3. The Hall–Kier alpha value is -3.50. The lowest BCUT2D eigenvalue weighted by Gasteiger charge is -2.26. The lowest BCUT2D eigenvalue weighted by atomic mass is 9.87. The third-order valence-corrected chi connectivity index (χ3v) is 4.54. The first-order valence-corrected chi connectivity index (χ1v) is 9.02. The number of nitrogens with one attached hydrogen (secondary N) is 2. The molecule has 4 N–H and O–H groups in total. The van der Waals surface area contributed by atoms with Crippen LogP contribution in [0, 0.1) is 10.1 Å². The largest absolute Gasteiger partial charge is 0.466 e. The van der Waals surface area contributed by atoms with Crippen LogP contribution in [0.1, 0.15) is 37.7 Å². The molecule has 0 aliphatic carbocycles. The van der Waals surface area contributed by atoms with Crippen molar-refractivity contribution in [1.82, 2.24) is 10.6 Å². The van der Waals surface area contributed by atoms with Crippen LogP contribution in [0.15, 0.2) is 24.3 Å². The van der Waals surface area contributed by atoms with Gasteiger partial charge in [0.05, 0.1) is 18.0 Å². The predicted molar refractivity (Wildman–Crippen MR) is 99.4 cm³/mol. The van der Waals surface area contributed by atoms with E-state index in [0.29, 0.717) is 5.56 Å². The van der Waals surface area contributed by atoms with Crippen molar-refractivity contribution < 1.29 is 28.8 Å². The van der Waals surface area contributed by atoms with E-state index in [1.807, 2.05) is 0 Å². The van der Waals surface area contributed by atoms with Gasteiger partial charge in [0.1, 0.15) is 12.1 Å². The molecule has 0 spiro atoms. The smallest absolute Gasteiger partial charge is 0.306 e. The second-order valence-corrected chi connectivity index (χ2v) is 6.51. The van der Waals surface area contributed by atoms with Crippen molar-refractivity contribution in [2.75, 3.05) is 6.61 Å². The number of rotatable bonds is 9.